The fourth-order valence-electron chi connectivity index (χ4n) is 2.38. The average molecular weight is 212 g/mol. The SMILES string of the molecule is COc1cccc2c1C(O)c1ccccc1-2. The molecule has 0 fully saturated rings. The van der Waals surface area contributed by atoms with Gasteiger partial charge in [-0.3, -0.25) is 0 Å². The molecule has 0 spiro atoms. The summed E-state index contributed by atoms with van der Waals surface area (Å²) in [4.78, 5) is 0. The summed E-state index contributed by atoms with van der Waals surface area (Å²) in [5.74, 6) is 0.751. The molecule has 0 heterocycles. The molecule has 2 nitrogen and oxygen atoms in total. The lowest BCUT2D eigenvalue weighted by atomic mass is 10.1. The Hall–Kier alpha value is -1.80. The number of ether oxygens (including phenoxy) is 1. The van der Waals surface area contributed by atoms with Crippen LogP contribution in [0.1, 0.15) is 17.2 Å². The van der Waals surface area contributed by atoms with Crippen LogP contribution in [0.15, 0.2) is 42.5 Å². The molecule has 0 radical (unpaired) electrons. The molecule has 2 aromatic rings. The summed E-state index contributed by atoms with van der Waals surface area (Å²) >= 11 is 0. The van der Waals surface area contributed by atoms with Gasteiger partial charge in [-0.1, -0.05) is 36.4 Å². The molecule has 0 aliphatic heterocycles. The fourth-order valence-corrected chi connectivity index (χ4v) is 2.38. The first-order chi connectivity index (χ1) is 7.83. The number of hydrogen-bond acceptors (Lipinski definition) is 2. The summed E-state index contributed by atoms with van der Waals surface area (Å²) in [6.45, 7) is 0. The van der Waals surface area contributed by atoms with Gasteiger partial charge in [-0.2, -0.15) is 0 Å². The molecule has 0 amide bonds. The maximum absolute atomic E-state index is 10.3. The van der Waals surface area contributed by atoms with Gasteiger partial charge in [0.15, 0.2) is 0 Å². The van der Waals surface area contributed by atoms with Crippen LogP contribution in [-0.2, 0) is 0 Å². The van der Waals surface area contributed by atoms with Crippen LogP contribution in [0.4, 0.5) is 0 Å². The molecule has 1 aliphatic rings. The first kappa shape index (κ1) is 9.43. The highest BCUT2D eigenvalue weighted by atomic mass is 16.5. The summed E-state index contributed by atoms with van der Waals surface area (Å²) in [5, 5.41) is 10.3. The standard InChI is InChI=1S/C14H12O2/c1-16-12-8-4-7-10-9-5-2-3-6-11(9)14(15)13(10)12/h2-8,14-15H,1H3. The third kappa shape index (κ3) is 1.11. The van der Waals surface area contributed by atoms with Crippen LogP contribution in [0.3, 0.4) is 0 Å². The van der Waals surface area contributed by atoms with Crippen LogP contribution in [0.5, 0.6) is 5.75 Å². The van der Waals surface area contributed by atoms with E-state index in [4.69, 9.17) is 4.74 Å². The normalized spacial score (nSPS) is 16.8. The predicted octanol–water partition coefficient (Wildman–Crippen LogP) is 2.76. The van der Waals surface area contributed by atoms with Crippen molar-refractivity contribution < 1.29 is 9.84 Å². The molecule has 0 aromatic heterocycles. The molecular weight excluding hydrogens is 200 g/mol. The van der Waals surface area contributed by atoms with Gasteiger partial charge >= 0.3 is 0 Å². The Morgan fingerprint density at radius 1 is 1.00 bits per heavy atom. The molecule has 80 valence electrons. The van der Waals surface area contributed by atoms with Crippen molar-refractivity contribution in [1.82, 2.24) is 0 Å². The maximum Gasteiger partial charge on any atom is 0.125 e. The minimum atomic E-state index is -0.567. The molecule has 2 aromatic carbocycles. The van der Waals surface area contributed by atoms with E-state index in [-0.39, 0.29) is 0 Å². The minimum Gasteiger partial charge on any atom is -0.496 e. The summed E-state index contributed by atoms with van der Waals surface area (Å²) in [6, 6.07) is 13.8. The molecule has 1 N–H and O–H groups in total. The molecule has 2 heteroatoms. The third-order valence-corrected chi connectivity index (χ3v) is 3.11. The molecule has 1 unspecified atom stereocenters. The van der Waals surface area contributed by atoms with Gasteiger partial charge in [-0.25, -0.2) is 0 Å². The van der Waals surface area contributed by atoms with Gasteiger partial charge in [0, 0.05) is 5.56 Å². The highest BCUT2D eigenvalue weighted by molar-refractivity contribution is 5.80. The summed E-state index contributed by atoms with van der Waals surface area (Å²) in [7, 11) is 1.63. The number of aliphatic hydroxyl groups is 1. The first-order valence-corrected chi connectivity index (χ1v) is 5.27. The van der Waals surface area contributed by atoms with Gasteiger partial charge in [0.1, 0.15) is 11.9 Å². The molecule has 1 atom stereocenters. The van der Waals surface area contributed by atoms with Crippen LogP contribution in [0.25, 0.3) is 11.1 Å². The number of benzene rings is 2. The van der Waals surface area contributed by atoms with Crippen molar-refractivity contribution in [2.24, 2.45) is 0 Å². The van der Waals surface area contributed by atoms with E-state index in [1.54, 1.807) is 7.11 Å². The Kier molecular flexibility index (Phi) is 1.98. The van der Waals surface area contributed by atoms with Crippen LogP contribution in [0.2, 0.25) is 0 Å². The molecular formula is C14H12O2. The van der Waals surface area contributed by atoms with E-state index in [9.17, 15) is 5.11 Å². The van der Waals surface area contributed by atoms with E-state index in [1.807, 2.05) is 42.5 Å². The van der Waals surface area contributed by atoms with E-state index in [0.717, 1.165) is 28.0 Å². The second-order valence-corrected chi connectivity index (χ2v) is 3.91. The predicted molar refractivity (Wildman–Crippen MR) is 62.5 cm³/mol. The van der Waals surface area contributed by atoms with Gasteiger partial charge in [0.2, 0.25) is 0 Å². The number of methoxy groups -OCH3 is 1. The van der Waals surface area contributed by atoms with Crippen molar-refractivity contribution in [3.05, 3.63) is 53.6 Å². The second kappa shape index (κ2) is 3.35. The van der Waals surface area contributed by atoms with Gasteiger partial charge < -0.3 is 9.84 Å². The van der Waals surface area contributed by atoms with Gasteiger partial charge in [0.05, 0.1) is 7.11 Å². The number of fused-ring (bicyclic) bond motifs is 3. The van der Waals surface area contributed by atoms with Gasteiger partial charge in [0.25, 0.3) is 0 Å². The Morgan fingerprint density at radius 2 is 1.75 bits per heavy atom. The quantitative estimate of drug-likeness (QED) is 0.787. The Bertz CT molecular complexity index is 546. The maximum atomic E-state index is 10.3. The van der Waals surface area contributed by atoms with E-state index in [0.29, 0.717) is 0 Å². The molecule has 0 bridgehead atoms. The van der Waals surface area contributed by atoms with Crippen LogP contribution in [0, 0.1) is 0 Å². The highest BCUT2D eigenvalue weighted by Gasteiger charge is 2.29. The zero-order valence-corrected chi connectivity index (χ0v) is 8.97. The first-order valence-electron chi connectivity index (χ1n) is 5.27. The van der Waals surface area contributed by atoms with Crippen molar-refractivity contribution in [3.63, 3.8) is 0 Å². The molecule has 3 rings (SSSR count). The lowest BCUT2D eigenvalue weighted by Crippen LogP contribution is -1.97. The van der Waals surface area contributed by atoms with Gasteiger partial charge in [-0.05, 0) is 22.8 Å². The zero-order valence-electron chi connectivity index (χ0n) is 8.97. The summed E-state index contributed by atoms with van der Waals surface area (Å²) in [6.07, 6.45) is -0.567. The monoisotopic (exact) mass is 212 g/mol. The van der Waals surface area contributed by atoms with Gasteiger partial charge in [-0.15, -0.1) is 0 Å². The van der Waals surface area contributed by atoms with E-state index < -0.39 is 6.10 Å². The smallest absolute Gasteiger partial charge is 0.125 e. The average Bonchev–Trinajstić information content (AvgIpc) is 2.64. The third-order valence-electron chi connectivity index (χ3n) is 3.11. The lowest BCUT2D eigenvalue weighted by Gasteiger charge is -2.10. The highest BCUT2D eigenvalue weighted by Crippen LogP contribution is 2.46. The lowest BCUT2D eigenvalue weighted by molar-refractivity contribution is 0.220. The number of hydrogen-bond donors (Lipinski definition) is 1. The van der Waals surface area contributed by atoms with Crippen LogP contribution >= 0.6 is 0 Å². The number of aliphatic hydroxyl groups excluding tert-OH is 1. The fraction of sp³-hybridized carbons (Fsp3) is 0.143. The molecule has 16 heavy (non-hydrogen) atoms. The molecule has 0 saturated heterocycles. The van der Waals surface area contributed by atoms with Crippen LogP contribution in [-0.4, -0.2) is 12.2 Å². The molecule has 1 aliphatic carbocycles. The van der Waals surface area contributed by atoms with Crippen molar-refractivity contribution in [2.45, 2.75) is 6.10 Å². The summed E-state index contributed by atoms with van der Waals surface area (Å²) in [5.41, 5.74) is 4.01. The topological polar surface area (TPSA) is 29.5 Å². The minimum absolute atomic E-state index is 0.567. The van der Waals surface area contributed by atoms with Crippen molar-refractivity contribution in [2.75, 3.05) is 7.11 Å². The van der Waals surface area contributed by atoms with Crippen molar-refractivity contribution in [3.8, 4) is 16.9 Å². The summed E-state index contributed by atoms with van der Waals surface area (Å²) < 4.78 is 5.30. The Morgan fingerprint density at radius 3 is 2.56 bits per heavy atom. The van der Waals surface area contributed by atoms with E-state index >= 15 is 0 Å². The van der Waals surface area contributed by atoms with Crippen LogP contribution < -0.4 is 4.74 Å². The number of rotatable bonds is 1. The molecule has 0 saturated carbocycles. The Balaban J connectivity index is 2.32. The van der Waals surface area contributed by atoms with E-state index in [2.05, 4.69) is 0 Å². The van der Waals surface area contributed by atoms with Crippen molar-refractivity contribution in [1.29, 1.82) is 0 Å². The second-order valence-electron chi connectivity index (χ2n) is 3.91. The van der Waals surface area contributed by atoms with Crippen molar-refractivity contribution >= 4 is 0 Å². The largest absolute Gasteiger partial charge is 0.496 e. The Labute approximate surface area is 94.1 Å². The van der Waals surface area contributed by atoms with E-state index in [1.165, 1.54) is 0 Å². The zero-order chi connectivity index (χ0) is 11.1.